The molecule has 2 N–H and O–H groups in total. The Morgan fingerprint density at radius 2 is 1.91 bits per heavy atom. The highest BCUT2D eigenvalue weighted by Crippen LogP contribution is 2.10. The van der Waals surface area contributed by atoms with Crippen LogP contribution in [0.1, 0.15) is 12.5 Å². The highest BCUT2D eigenvalue weighted by Gasteiger charge is 2.24. The third kappa shape index (κ3) is 4.95. The summed E-state index contributed by atoms with van der Waals surface area (Å²) in [5.74, 6) is 0.0468. The number of nitrogens with one attached hydrogen (secondary N) is 1. The second-order valence-electron chi connectivity index (χ2n) is 5.62. The van der Waals surface area contributed by atoms with Crippen molar-refractivity contribution in [2.45, 2.75) is 19.5 Å². The van der Waals surface area contributed by atoms with Crippen LogP contribution in [-0.4, -0.2) is 66.2 Å². The van der Waals surface area contributed by atoms with E-state index in [-0.39, 0.29) is 18.6 Å². The number of carbonyl (C=O) groups is 1. The number of benzene rings is 1. The van der Waals surface area contributed by atoms with E-state index in [4.69, 9.17) is 16.7 Å². The lowest BCUT2D eigenvalue weighted by Gasteiger charge is -2.37. The molecule has 0 aliphatic carbocycles. The highest BCUT2D eigenvalue weighted by molar-refractivity contribution is 6.30. The minimum absolute atomic E-state index is 0.0468. The number of β-amino-alcohol motifs (C(OH)–C–C–N with tert-alkyl or cyclic N) is 1. The predicted molar refractivity (Wildman–Crippen MR) is 87.9 cm³/mol. The Bertz CT molecular complexity index is 473. The van der Waals surface area contributed by atoms with Crippen LogP contribution in [0, 0.1) is 0 Å². The van der Waals surface area contributed by atoms with Gasteiger partial charge in [-0.2, -0.15) is 0 Å². The largest absolute Gasteiger partial charge is 0.395 e. The lowest BCUT2D eigenvalue weighted by Crippen LogP contribution is -2.54. The van der Waals surface area contributed by atoms with Crippen LogP contribution < -0.4 is 5.32 Å². The molecule has 22 heavy (non-hydrogen) atoms. The average molecular weight is 326 g/mol. The molecule has 1 heterocycles. The number of piperazine rings is 1. The van der Waals surface area contributed by atoms with Gasteiger partial charge >= 0.3 is 0 Å². The second-order valence-corrected chi connectivity index (χ2v) is 6.06. The predicted octanol–water partition coefficient (Wildman–Crippen LogP) is 0.955. The van der Waals surface area contributed by atoms with E-state index in [1.54, 1.807) is 0 Å². The third-order valence-corrected chi connectivity index (χ3v) is 4.38. The number of halogens is 1. The van der Waals surface area contributed by atoms with Crippen molar-refractivity contribution in [3.05, 3.63) is 34.9 Å². The maximum absolute atomic E-state index is 12.3. The first-order valence-electron chi connectivity index (χ1n) is 7.69. The molecule has 0 radical (unpaired) electrons. The van der Waals surface area contributed by atoms with Gasteiger partial charge in [0, 0.05) is 44.3 Å². The maximum atomic E-state index is 12.3. The molecule has 1 aliphatic heterocycles. The number of nitrogens with zero attached hydrogens (tertiary/aromatic N) is 2. The van der Waals surface area contributed by atoms with Gasteiger partial charge in [-0.15, -0.1) is 0 Å². The standard InChI is InChI=1S/C16H24ClN3O2/c1-13(20-8-6-19(7-9-20)10-11-21)16(22)18-12-14-2-4-15(17)5-3-14/h2-5,13,21H,6-12H2,1H3,(H,18,22)/t13-/m0/s1. The quantitative estimate of drug-likeness (QED) is 0.818. The zero-order chi connectivity index (χ0) is 15.9. The van der Waals surface area contributed by atoms with Crippen LogP contribution in [0.25, 0.3) is 0 Å². The Morgan fingerprint density at radius 1 is 1.27 bits per heavy atom. The fourth-order valence-electron chi connectivity index (χ4n) is 2.62. The van der Waals surface area contributed by atoms with Crippen LogP contribution in [0.2, 0.25) is 5.02 Å². The summed E-state index contributed by atoms with van der Waals surface area (Å²) in [5, 5.41) is 12.6. The molecular weight excluding hydrogens is 302 g/mol. The number of aliphatic hydroxyl groups excluding tert-OH is 1. The first-order valence-corrected chi connectivity index (χ1v) is 8.07. The molecular formula is C16H24ClN3O2. The Labute approximate surface area is 136 Å². The molecule has 0 bridgehead atoms. The van der Waals surface area contributed by atoms with E-state index in [0.29, 0.717) is 18.1 Å². The summed E-state index contributed by atoms with van der Waals surface area (Å²) in [7, 11) is 0. The van der Waals surface area contributed by atoms with Gasteiger partial charge in [0.1, 0.15) is 0 Å². The summed E-state index contributed by atoms with van der Waals surface area (Å²) in [5.41, 5.74) is 1.04. The smallest absolute Gasteiger partial charge is 0.237 e. The molecule has 1 aromatic carbocycles. The van der Waals surface area contributed by atoms with Gasteiger partial charge in [0.25, 0.3) is 0 Å². The monoisotopic (exact) mass is 325 g/mol. The average Bonchev–Trinajstić information content (AvgIpc) is 2.54. The minimum Gasteiger partial charge on any atom is -0.395 e. The molecule has 0 spiro atoms. The minimum atomic E-state index is -0.136. The zero-order valence-electron chi connectivity index (χ0n) is 13.0. The molecule has 6 heteroatoms. The summed E-state index contributed by atoms with van der Waals surface area (Å²) in [4.78, 5) is 16.7. The second kappa shape index (κ2) is 8.48. The Hall–Kier alpha value is -1.14. The Morgan fingerprint density at radius 3 is 2.50 bits per heavy atom. The zero-order valence-corrected chi connectivity index (χ0v) is 13.7. The highest BCUT2D eigenvalue weighted by atomic mass is 35.5. The fourth-order valence-corrected chi connectivity index (χ4v) is 2.75. The first-order chi connectivity index (χ1) is 10.6. The number of rotatable bonds is 6. The van der Waals surface area contributed by atoms with Crippen LogP contribution in [0.5, 0.6) is 0 Å². The summed E-state index contributed by atoms with van der Waals surface area (Å²) < 4.78 is 0. The van der Waals surface area contributed by atoms with Crippen molar-refractivity contribution < 1.29 is 9.90 Å². The topological polar surface area (TPSA) is 55.8 Å². The first kappa shape index (κ1) is 17.2. The molecule has 1 saturated heterocycles. The van der Waals surface area contributed by atoms with Crippen LogP contribution in [0.4, 0.5) is 0 Å². The molecule has 1 aliphatic rings. The molecule has 122 valence electrons. The van der Waals surface area contributed by atoms with Crippen molar-refractivity contribution in [2.75, 3.05) is 39.3 Å². The van der Waals surface area contributed by atoms with Gasteiger partial charge < -0.3 is 10.4 Å². The van der Waals surface area contributed by atoms with E-state index in [0.717, 1.165) is 31.7 Å². The molecule has 0 saturated carbocycles. The lowest BCUT2D eigenvalue weighted by atomic mass is 10.2. The number of hydrogen-bond donors (Lipinski definition) is 2. The van der Waals surface area contributed by atoms with Gasteiger partial charge in [-0.05, 0) is 24.6 Å². The maximum Gasteiger partial charge on any atom is 0.237 e. The van der Waals surface area contributed by atoms with Crippen molar-refractivity contribution in [2.24, 2.45) is 0 Å². The van der Waals surface area contributed by atoms with Crippen LogP contribution in [0.3, 0.4) is 0 Å². The van der Waals surface area contributed by atoms with Crippen molar-refractivity contribution in [1.82, 2.24) is 15.1 Å². The molecule has 1 aromatic rings. The van der Waals surface area contributed by atoms with Crippen molar-refractivity contribution in [3.8, 4) is 0 Å². The molecule has 5 nitrogen and oxygen atoms in total. The molecule has 0 unspecified atom stereocenters. The number of amides is 1. The van der Waals surface area contributed by atoms with Crippen molar-refractivity contribution in [1.29, 1.82) is 0 Å². The number of hydrogen-bond acceptors (Lipinski definition) is 4. The van der Waals surface area contributed by atoms with Crippen molar-refractivity contribution >= 4 is 17.5 Å². The summed E-state index contributed by atoms with van der Waals surface area (Å²) >= 11 is 5.85. The van der Waals surface area contributed by atoms with Gasteiger partial charge in [0.2, 0.25) is 5.91 Å². The van der Waals surface area contributed by atoms with E-state index in [9.17, 15) is 4.79 Å². The van der Waals surface area contributed by atoms with Crippen molar-refractivity contribution in [3.63, 3.8) is 0 Å². The molecule has 2 rings (SSSR count). The number of carbonyl (C=O) groups excluding carboxylic acids is 1. The van der Waals surface area contributed by atoms with E-state index < -0.39 is 0 Å². The van der Waals surface area contributed by atoms with E-state index in [1.165, 1.54) is 0 Å². The molecule has 1 fully saturated rings. The SMILES string of the molecule is C[C@@H](C(=O)NCc1ccc(Cl)cc1)N1CCN(CCO)CC1. The Balaban J connectivity index is 1.76. The van der Waals surface area contributed by atoms with Crippen LogP contribution in [-0.2, 0) is 11.3 Å². The van der Waals surface area contributed by atoms with E-state index in [1.807, 2.05) is 31.2 Å². The van der Waals surface area contributed by atoms with Gasteiger partial charge in [0.15, 0.2) is 0 Å². The summed E-state index contributed by atoms with van der Waals surface area (Å²) in [6, 6.07) is 7.35. The molecule has 1 amide bonds. The van der Waals surface area contributed by atoms with Crippen LogP contribution in [0.15, 0.2) is 24.3 Å². The fraction of sp³-hybridized carbons (Fsp3) is 0.562. The summed E-state index contributed by atoms with van der Waals surface area (Å²) in [6.45, 7) is 6.88. The normalized spacial score (nSPS) is 18.1. The summed E-state index contributed by atoms with van der Waals surface area (Å²) in [6.07, 6.45) is 0. The Kier molecular flexibility index (Phi) is 6.64. The molecule has 1 atom stereocenters. The van der Waals surface area contributed by atoms with E-state index in [2.05, 4.69) is 15.1 Å². The van der Waals surface area contributed by atoms with Gasteiger partial charge in [-0.25, -0.2) is 0 Å². The third-order valence-electron chi connectivity index (χ3n) is 4.13. The molecule has 0 aromatic heterocycles. The van der Waals surface area contributed by atoms with Crippen LogP contribution >= 0.6 is 11.6 Å². The number of aliphatic hydroxyl groups is 1. The van der Waals surface area contributed by atoms with Gasteiger partial charge in [-0.1, -0.05) is 23.7 Å². The lowest BCUT2D eigenvalue weighted by molar-refractivity contribution is -0.126. The van der Waals surface area contributed by atoms with Gasteiger partial charge in [0.05, 0.1) is 12.6 Å². The van der Waals surface area contributed by atoms with Gasteiger partial charge in [-0.3, -0.25) is 14.6 Å². The van der Waals surface area contributed by atoms with E-state index >= 15 is 0 Å².